The zero-order chi connectivity index (χ0) is 12.1. The number of aliphatic imine (C=N–C) groups is 1. The maximum atomic E-state index is 4.36. The van der Waals surface area contributed by atoms with Crippen molar-refractivity contribution in [1.29, 1.82) is 0 Å². The molecule has 0 unspecified atom stereocenters. The Labute approximate surface area is 99.9 Å². The average Bonchev–Trinajstić information content (AvgIpc) is 2.76. The van der Waals surface area contributed by atoms with E-state index in [4.69, 9.17) is 0 Å². The molecule has 0 atom stereocenters. The van der Waals surface area contributed by atoms with E-state index < -0.39 is 0 Å². The summed E-state index contributed by atoms with van der Waals surface area (Å²) in [5, 5.41) is 8.33. The molecule has 5 nitrogen and oxygen atoms in total. The Morgan fingerprint density at radius 2 is 2.41 bits per heavy atom. The Morgan fingerprint density at radius 1 is 1.53 bits per heavy atom. The lowest BCUT2D eigenvalue weighted by atomic mass is 10.3. The van der Waals surface area contributed by atoms with Gasteiger partial charge in [-0.15, -0.1) is 9.73 Å². The molecule has 0 radical (unpaired) electrons. The van der Waals surface area contributed by atoms with E-state index in [1.807, 2.05) is 31.3 Å². The van der Waals surface area contributed by atoms with Crippen molar-refractivity contribution in [1.82, 2.24) is 19.8 Å². The highest BCUT2D eigenvalue weighted by molar-refractivity contribution is 5.58. The standard InChI is InChI=1S/C12H15N5/c1-3-8-13-10(2)6-7-11-15-12-5-4-9-14-17(12)16-11/h4-6,8-9H,3,7H2,1-2H3/b10-6-,13-8?. The van der Waals surface area contributed by atoms with Gasteiger partial charge in [-0.3, -0.25) is 4.99 Å². The van der Waals surface area contributed by atoms with Gasteiger partial charge in [-0.1, -0.05) is 13.0 Å². The molecule has 0 fully saturated rings. The van der Waals surface area contributed by atoms with Crippen molar-refractivity contribution >= 4 is 11.9 Å². The average molecular weight is 229 g/mol. The van der Waals surface area contributed by atoms with Gasteiger partial charge in [0, 0.05) is 24.5 Å². The van der Waals surface area contributed by atoms with Crippen LogP contribution in [0.2, 0.25) is 0 Å². The van der Waals surface area contributed by atoms with Crippen molar-refractivity contribution in [3.8, 4) is 0 Å². The SMILES string of the molecule is CCC=N/C(C)=C\Cc1nc2cccnn2n1. The molecule has 5 heteroatoms. The lowest BCUT2D eigenvalue weighted by molar-refractivity contribution is 0.780. The van der Waals surface area contributed by atoms with Crippen molar-refractivity contribution in [2.45, 2.75) is 26.7 Å². The molecule has 0 saturated heterocycles. The zero-order valence-corrected chi connectivity index (χ0v) is 10.0. The summed E-state index contributed by atoms with van der Waals surface area (Å²) in [6.07, 6.45) is 7.22. The molecule has 17 heavy (non-hydrogen) atoms. The van der Waals surface area contributed by atoms with Crippen molar-refractivity contribution in [3.05, 3.63) is 35.9 Å². The van der Waals surface area contributed by atoms with Gasteiger partial charge < -0.3 is 0 Å². The lowest BCUT2D eigenvalue weighted by Crippen LogP contribution is -1.92. The summed E-state index contributed by atoms with van der Waals surface area (Å²) in [6.45, 7) is 4.03. The van der Waals surface area contributed by atoms with Crippen LogP contribution >= 0.6 is 0 Å². The molecular formula is C12H15N5. The van der Waals surface area contributed by atoms with Gasteiger partial charge >= 0.3 is 0 Å². The monoisotopic (exact) mass is 229 g/mol. The van der Waals surface area contributed by atoms with Gasteiger partial charge in [0.05, 0.1) is 0 Å². The van der Waals surface area contributed by atoms with E-state index in [0.717, 1.165) is 23.6 Å². The normalized spacial score (nSPS) is 12.7. The number of fused-ring (bicyclic) bond motifs is 1. The van der Waals surface area contributed by atoms with E-state index in [-0.39, 0.29) is 0 Å². The molecule has 2 aromatic heterocycles. The summed E-state index contributed by atoms with van der Waals surface area (Å²) in [4.78, 5) is 8.63. The minimum atomic E-state index is 0.677. The molecule has 2 heterocycles. The van der Waals surface area contributed by atoms with Crippen LogP contribution in [0.25, 0.3) is 5.65 Å². The van der Waals surface area contributed by atoms with Crippen LogP contribution in [0.3, 0.4) is 0 Å². The number of allylic oxidation sites excluding steroid dienone is 2. The summed E-state index contributed by atoms with van der Waals surface area (Å²) in [7, 11) is 0. The molecule has 0 aliphatic heterocycles. The van der Waals surface area contributed by atoms with Gasteiger partial charge in [0.25, 0.3) is 0 Å². The third-order valence-corrected chi connectivity index (χ3v) is 2.22. The molecule has 2 rings (SSSR count). The Hall–Kier alpha value is -2.04. The molecule has 0 amide bonds. The van der Waals surface area contributed by atoms with Gasteiger partial charge in [0.15, 0.2) is 11.5 Å². The first-order chi connectivity index (χ1) is 8.29. The number of hydrogen-bond donors (Lipinski definition) is 0. The third kappa shape index (κ3) is 2.96. The van der Waals surface area contributed by atoms with Gasteiger partial charge in [0.1, 0.15) is 0 Å². The van der Waals surface area contributed by atoms with Crippen LogP contribution in [-0.4, -0.2) is 26.0 Å². The fourth-order valence-electron chi connectivity index (χ4n) is 1.39. The predicted molar refractivity (Wildman–Crippen MR) is 67.0 cm³/mol. The van der Waals surface area contributed by atoms with Crippen LogP contribution in [0, 0.1) is 0 Å². The zero-order valence-electron chi connectivity index (χ0n) is 10.0. The van der Waals surface area contributed by atoms with Gasteiger partial charge in [-0.2, -0.15) is 5.10 Å². The van der Waals surface area contributed by atoms with E-state index in [0.29, 0.717) is 6.42 Å². The van der Waals surface area contributed by atoms with Crippen molar-refractivity contribution < 1.29 is 0 Å². The number of hydrogen-bond acceptors (Lipinski definition) is 4. The van der Waals surface area contributed by atoms with Crippen molar-refractivity contribution in [3.63, 3.8) is 0 Å². The highest BCUT2D eigenvalue weighted by Gasteiger charge is 2.01. The van der Waals surface area contributed by atoms with Crippen molar-refractivity contribution in [2.75, 3.05) is 0 Å². The second-order valence-corrected chi connectivity index (χ2v) is 3.67. The second-order valence-electron chi connectivity index (χ2n) is 3.67. The summed E-state index contributed by atoms with van der Waals surface area (Å²) < 4.78 is 1.54. The second kappa shape index (κ2) is 5.34. The topological polar surface area (TPSA) is 55.4 Å². The lowest BCUT2D eigenvalue weighted by Gasteiger charge is -1.90. The molecule has 0 spiro atoms. The van der Waals surface area contributed by atoms with Crippen LogP contribution < -0.4 is 0 Å². The summed E-state index contributed by atoms with van der Waals surface area (Å²) in [6, 6.07) is 3.73. The fraction of sp³-hybridized carbons (Fsp3) is 0.333. The van der Waals surface area contributed by atoms with E-state index in [2.05, 4.69) is 27.1 Å². The van der Waals surface area contributed by atoms with Crippen LogP contribution in [-0.2, 0) is 6.42 Å². The summed E-state index contributed by atoms with van der Waals surface area (Å²) in [5.41, 5.74) is 1.75. The van der Waals surface area contributed by atoms with Gasteiger partial charge in [-0.25, -0.2) is 4.98 Å². The van der Waals surface area contributed by atoms with Gasteiger partial charge in [-0.05, 0) is 25.5 Å². The van der Waals surface area contributed by atoms with E-state index in [1.54, 1.807) is 6.20 Å². The molecule has 0 bridgehead atoms. The molecule has 88 valence electrons. The Bertz CT molecular complexity index is 520. The molecule has 2 aromatic rings. The quantitative estimate of drug-likeness (QED) is 0.754. The smallest absolute Gasteiger partial charge is 0.176 e. The van der Waals surface area contributed by atoms with Crippen LogP contribution in [0.4, 0.5) is 0 Å². The molecule has 0 aromatic carbocycles. The first-order valence-electron chi connectivity index (χ1n) is 5.66. The van der Waals surface area contributed by atoms with Gasteiger partial charge in [0.2, 0.25) is 0 Å². The molecule has 0 aliphatic carbocycles. The highest BCUT2D eigenvalue weighted by Crippen LogP contribution is 2.02. The first-order valence-corrected chi connectivity index (χ1v) is 5.66. The fourth-order valence-corrected chi connectivity index (χ4v) is 1.39. The van der Waals surface area contributed by atoms with Crippen LogP contribution in [0.15, 0.2) is 35.1 Å². The van der Waals surface area contributed by atoms with Crippen molar-refractivity contribution in [2.24, 2.45) is 4.99 Å². The molecule has 0 saturated carbocycles. The van der Waals surface area contributed by atoms with Crippen LogP contribution in [0.1, 0.15) is 26.1 Å². The number of aromatic nitrogens is 4. The Balaban J connectivity index is 2.11. The summed E-state index contributed by atoms with van der Waals surface area (Å²) in [5.74, 6) is 0.759. The predicted octanol–water partition coefficient (Wildman–Crippen LogP) is 2.05. The van der Waals surface area contributed by atoms with Crippen LogP contribution in [0.5, 0.6) is 0 Å². The maximum absolute atomic E-state index is 4.36. The highest BCUT2D eigenvalue weighted by atomic mass is 15.4. The Morgan fingerprint density at radius 3 is 3.18 bits per heavy atom. The molecular weight excluding hydrogens is 214 g/mol. The van der Waals surface area contributed by atoms with E-state index >= 15 is 0 Å². The maximum Gasteiger partial charge on any atom is 0.176 e. The number of nitrogens with zero attached hydrogens (tertiary/aromatic N) is 5. The molecule has 0 N–H and O–H groups in total. The minimum Gasteiger partial charge on any atom is -0.266 e. The first kappa shape index (κ1) is 11.4. The van der Waals surface area contributed by atoms with E-state index in [9.17, 15) is 0 Å². The summed E-state index contributed by atoms with van der Waals surface area (Å²) >= 11 is 0. The number of rotatable bonds is 4. The van der Waals surface area contributed by atoms with E-state index in [1.165, 1.54) is 4.63 Å². The minimum absolute atomic E-state index is 0.677. The Kier molecular flexibility index (Phi) is 3.59. The largest absolute Gasteiger partial charge is 0.266 e. The molecule has 0 aliphatic rings. The third-order valence-electron chi connectivity index (χ3n) is 2.22.